The van der Waals surface area contributed by atoms with Crippen molar-refractivity contribution in [2.24, 2.45) is 11.8 Å². The second kappa shape index (κ2) is 18.7. The molecule has 26 heavy (non-hydrogen) atoms. The van der Waals surface area contributed by atoms with Crippen LogP contribution in [0.5, 0.6) is 0 Å². The Morgan fingerprint density at radius 2 is 1.31 bits per heavy atom. The van der Waals surface area contributed by atoms with Crippen molar-refractivity contribution in [3.05, 3.63) is 0 Å². The molecule has 6 heteroatoms. The third-order valence-electron chi connectivity index (χ3n) is 3.17. The van der Waals surface area contributed by atoms with Crippen LogP contribution in [0.15, 0.2) is 0 Å². The molecule has 0 aromatic carbocycles. The smallest absolute Gasteiger partial charge is 0.222 e. The predicted octanol–water partition coefficient (Wildman–Crippen LogP) is 2.26. The molecule has 0 atom stereocenters. The minimum atomic E-state index is 0.00718. The largest absolute Gasteiger partial charge is 0.379 e. The first kappa shape index (κ1) is 24.9. The lowest BCUT2D eigenvalue weighted by molar-refractivity contribution is -0.124. The first-order chi connectivity index (χ1) is 12.5. The Balaban J connectivity index is 3.12. The summed E-state index contributed by atoms with van der Waals surface area (Å²) in [5.41, 5.74) is 0. The molecule has 0 aromatic rings. The summed E-state index contributed by atoms with van der Waals surface area (Å²) in [4.78, 5) is 11.3. The van der Waals surface area contributed by atoms with Gasteiger partial charge < -0.3 is 24.3 Å². The zero-order valence-electron chi connectivity index (χ0n) is 17.0. The summed E-state index contributed by atoms with van der Waals surface area (Å²) >= 11 is 0. The van der Waals surface area contributed by atoms with Gasteiger partial charge in [-0.25, -0.2) is 0 Å². The highest BCUT2D eigenvalue weighted by Crippen LogP contribution is 1.92. The van der Waals surface area contributed by atoms with Crippen molar-refractivity contribution in [1.29, 1.82) is 0 Å². The number of carbonyl (C=O) groups excluding carboxylic acids is 1. The lowest BCUT2D eigenvalue weighted by atomic mass is 10.2. The quantitative estimate of drug-likeness (QED) is 0.333. The molecule has 0 aliphatic carbocycles. The van der Waals surface area contributed by atoms with Crippen LogP contribution in [0.25, 0.3) is 0 Å². The van der Waals surface area contributed by atoms with Crippen LogP contribution in [0, 0.1) is 23.7 Å². The van der Waals surface area contributed by atoms with Crippen molar-refractivity contribution in [2.75, 3.05) is 59.4 Å². The summed E-state index contributed by atoms with van der Waals surface area (Å²) in [5, 5.41) is 2.79. The van der Waals surface area contributed by atoms with Crippen molar-refractivity contribution in [3.8, 4) is 11.8 Å². The van der Waals surface area contributed by atoms with E-state index in [1.54, 1.807) is 0 Å². The van der Waals surface area contributed by atoms with Crippen LogP contribution in [0.3, 0.4) is 0 Å². The molecule has 0 spiro atoms. The van der Waals surface area contributed by atoms with Crippen LogP contribution in [0.1, 0.15) is 40.5 Å². The summed E-state index contributed by atoms with van der Waals surface area (Å²) in [7, 11) is 0. The second-order valence-corrected chi connectivity index (χ2v) is 6.47. The molecule has 0 unspecified atom stereocenters. The molecule has 0 saturated heterocycles. The maximum Gasteiger partial charge on any atom is 0.222 e. The maximum absolute atomic E-state index is 11.3. The molecular formula is C20H37NO5. The SMILES string of the molecule is CC(C)C#CCCCOCCOCCOCCOCCNC(=O)C(C)C. The minimum Gasteiger partial charge on any atom is -0.379 e. The van der Waals surface area contributed by atoms with Gasteiger partial charge in [-0.15, -0.1) is 11.8 Å². The van der Waals surface area contributed by atoms with Crippen LogP contribution >= 0.6 is 0 Å². The fourth-order valence-corrected chi connectivity index (χ4v) is 1.75. The third kappa shape index (κ3) is 19.2. The summed E-state index contributed by atoms with van der Waals surface area (Å²) < 4.78 is 21.7. The van der Waals surface area contributed by atoms with E-state index in [9.17, 15) is 4.79 Å². The van der Waals surface area contributed by atoms with Crippen molar-refractivity contribution < 1.29 is 23.7 Å². The van der Waals surface area contributed by atoms with Crippen LogP contribution in [0.4, 0.5) is 0 Å². The minimum absolute atomic E-state index is 0.00718. The van der Waals surface area contributed by atoms with E-state index in [0.29, 0.717) is 58.7 Å². The topological polar surface area (TPSA) is 66.0 Å². The van der Waals surface area contributed by atoms with Crippen LogP contribution in [-0.4, -0.2) is 65.3 Å². The summed E-state index contributed by atoms with van der Waals surface area (Å²) in [5.74, 6) is 6.76. The van der Waals surface area contributed by atoms with E-state index < -0.39 is 0 Å². The normalized spacial score (nSPS) is 10.8. The fourth-order valence-electron chi connectivity index (χ4n) is 1.75. The van der Waals surface area contributed by atoms with E-state index in [4.69, 9.17) is 18.9 Å². The molecule has 0 heterocycles. The molecule has 0 rings (SSSR count). The summed E-state index contributed by atoms with van der Waals surface area (Å²) in [6.07, 6.45) is 1.85. The monoisotopic (exact) mass is 371 g/mol. The van der Waals surface area contributed by atoms with Gasteiger partial charge >= 0.3 is 0 Å². The summed E-state index contributed by atoms with van der Waals surface area (Å²) in [6.45, 7) is 13.0. The van der Waals surface area contributed by atoms with E-state index in [2.05, 4.69) is 31.0 Å². The van der Waals surface area contributed by atoms with Gasteiger partial charge in [0.2, 0.25) is 5.91 Å². The maximum atomic E-state index is 11.3. The van der Waals surface area contributed by atoms with Crippen LogP contribution in [0.2, 0.25) is 0 Å². The van der Waals surface area contributed by atoms with Crippen molar-refractivity contribution in [1.82, 2.24) is 5.32 Å². The standard InChI is InChI=1S/C20H37NO5/c1-18(2)8-6-5-7-10-23-12-14-25-16-17-26-15-13-24-11-9-21-20(22)19(3)4/h18-19H,5,7,9-17H2,1-4H3,(H,21,22). The highest BCUT2D eigenvalue weighted by Gasteiger charge is 2.04. The van der Waals surface area contributed by atoms with Gasteiger partial charge in [-0.3, -0.25) is 4.79 Å². The van der Waals surface area contributed by atoms with Crippen molar-refractivity contribution >= 4 is 5.91 Å². The zero-order valence-corrected chi connectivity index (χ0v) is 17.0. The number of hydrogen-bond acceptors (Lipinski definition) is 5. The zero-order chi connectivity index (χ0) is 19.5. The van der Waals surface area contributed by atoms with Crippen LogP contribution < -0.4 is 5.32 Å². The number of hydrogen-bond donors (Lipinski definition) is 1. The lowest BCUT2D eigenvalue weighted by Gasteiger charge is -2.09. The van der Waals surface area contributed by atoms with Crippen LogP contribution in [-0.2, 0) is 23.7 Å². The molecule has 0 fully saturated rings. The number of rotatable bonds is 16. The lowest BCUT2D eigenvalue weighted by Crippen LogP contribution is -2.31. The Hall–Kier alpha value is -1.13. The average molecular weight is 372 g/mol. The van der Waals surface area contributed by atoms with Gasteiger partial charge in [-0.1, -0.05) is 27.7 Å². The average Bonchev–Trinajstić information content (AvgIpc) is 2.60. The van der Waals surface area contributed by atoms with Gasteiger partial charge in [-0.2, -0.15) is 0 Å². The number of amides is 1. The number of carbonyl (C=O) groups is 1. The van der Waals surface area contributed by atoms with Gasteiger partial charge in [0.25, 0.3) is 0 Å². The van der Waals surface area contributed by atoms with E-state index in [-0.39, 0.29) is 11.8 Å². The van der Waals surface area contributed by atoms with E-state index in [0.717, 1.165) is 19.4 Å². The molecule has 6 nitrogen and oxygen atoms in total. The van der Waals surface area contributed by atoms with Gasteiger partial charge in [0.1, 0.15) is 0 Å². The molecule has 152 valence electrons. The van der Waals surface area contributed by atoms with Gasteiger partial charge in [0, 0.05) is 31.4 Å². The highest BCUT2D eigenvalue weighted by molar-refractivity contribution is 5.77. The third-order valence-corrected chi connectivity index (χ3v) is 3.17. The first-order valence-corrected chi connectivity index (χ1v) is 9.61. The van der Waals surface area contributed by atoms with E-state index >= 15 is 0 Å². The Labute approximate surface area is 159 Å². The molecule has 1 N–H and O–H groups in total. The van der Waals surface area contributed by atoms with Crippen molar-refractivity contribution in [3.63, 3.8) is 0 Å². The Kier molecular flexibility index (Phi) is 17.8. The Morgan fingerprint density at radius 3 is 1.81 bits per heavy atom. The number of nitrogens with one attached hydrogen (secondary N) is 1. The molecule has 0 aliphatic heterocycles. The fraction of sp³-hybridized carbons (Fsp3) is 0.850. The van der Waals surface area contributed by atoms with Crippen molar-refractivity contribution in [2.45, 2.75) is 40.5 Å². The molecule has 0 aromatic heterocycles. The Morgan fingerprint density at radius 1 is 0.808 bits per heavy atom. The Bertz CT molecular complexity index is 387. The predicted molar refractivity (Wildman–Crippen MR) is 103 cm³/mol. The van der Waals surface area contributed by atoms with Gasteiger partial charge in [0.05, 0.1) is 46.2 Å². The van der Waals surface area contributed by atoms with E-state index in [1.165, 1.54) is 0 Å². The summed E-state index contributed by atoms with van der Waals surface area (Å²) in [6, 6.07) is 0. The van der Waals surface area contributed by atoms with Gasteiger partial charge in [-0.05, 0) is 6.42 Å². The molecule has 0 radical (unpaired) electrons. The molecule has 0 bridgehead atoms. The van der Waals surface area contributed by atoms with Gasteiger partial charge in [0.15, 0.2) is 0 Å². The molecular weight excluding hydrogens is 334 g/mol. The first-order valence-electron chi connectivity index (χ1n) is 9.61. The number of ether oxygens (including phenoxy) is 4. The molecule has 1 amide bonds. The molecule has 0 saturated carbocycles. The second-order valence-electron chi connectivity index (χ2n) is 6.47. The number of unbranched alkanes of at least 4 members (excludes halogenated alkanes) is 1. The highest BCUT2D eigenvalue weighted by atomic mass is 16.6. The molecule has 0 aliphatic rings. The van der Waals surface area contributed by atoms with E-state index in [1.807, 2.05) is 13.8 Å².